The van der Waals surface area contributed by atoms with Crippen LogP contribution in [0.2, 0.25) is 0 Å². The van der Waals surface area contributed by atoms with Gasteiger partial charge < -0.3 is 15.0 Å². The summed E-state index contributed by atoms with van der Waals surface area (Å²) >= 11 is 1.84. The van der Waals surface area contributed by atoms with Gasteiger partial charge in [0.25, 0.3) is 0 Å². The maximum Gasteiger partial charge on any atom is 0.185 e. The molecule has 1 aliphatic heterocycles. The van der Waals surface area contributed by atoms with Gasteiger partial charge in [0.2, 0.25) is 0 Å². The van der Waals surface area contributed by atoms with Gasteiger partial charge in [0.1, 0.15) is 0 Å². The van der Waals surface area contributed by atoms with Crippen LogP contribution in [0.15, 0.2) is 0 Å². The second-order valence-corrected chi connectivity index (χ2v) is 7.38. The van der Waals surface area contributed by atoms with Gasteiger partial charge in [-0.3, -0.25) is 0 Å². The fourth-order valence-corrected chi connectivity index (χ4v) is 3.74. The lowest BCUT2D eigenvalue weighted by Gasteiger charge is -2.13. The largest absolute Gasteiger partial charge is 0.378 e. The van der Waals surface area contributed by atoms with Crippen molar-refractivity contribution in [2.45, 2.75) is 45.9 Å². The lowest BCUT2D eigenvalue weighted by molar-refractivity contribution is 0.181. The van der Waals surface area contributed by atoms with Crippen LogP contribution in [0, 0.1) is 11.8 Å². The van der Waals surface area contributed by atoms with Gasteiger partial charge in [-0.15, -0.1) is 11.3 Å². The highest BCUT2D eigenvalue weighted by Gasteiger charge is 2.29. The number of anilines is 1. The Hall–Kier alpha value is -0.650. The van der Waals surface area contributed by atoms with Crippen molar-refractivity contribution in [1.82, 2.24) is 10.3 Å². The summed E-state index contributed by atoms with van der Waals surface area (Å²) in [6, 6.07) is 0.739. The molecule has 5 heteroatoms. The molecule has 3 rings (SSSR count). The molecule has 0 aromatic carbocycles. The van der Waals surface area contributed by atoms with E-state index in [-0.39, 0.29) is 0 Å². The summed E-state index contributed by atoms with van der Waals surface area (Å²) in [4.78, 5) is 8.62. The molecular weight excluding hydrogens is 270 g/mol. The van der Waals surface area contributed by atoms with Crippen LogP contribution < -0.4 is 10.2 Å². The van der Waals surface area contributed by atoms with Crippen LogP contribution in [-0.4, -0.2) is 31.2 Å². The third-order valence-corrected chi connectivity index (χ3v) is 5.59. The molecule has 0 bridgehead atoms. The van der Waals surface area contributed by atoms with Crippen LogP contribution in [0.25, 0.3) is 0 Å². The molecule has 2 atom stereocenters. The van der Waals surface area contributed by atoms with Crippen LogP contribution in [0.4, 0.5) is 5.13 Å². The van der Waals surface area contributed by atoms with Gasteiger partial charge in [-0.25, -0.2) is 4.98 Å². The third kappa shape index (κ3) is 3.15. The molecule has 20 heavy (non-hydrogen) atoms. The number of nitrogens with one attached hydrogen (secondary N) is 1. The molecule has 0 amide bonds. The van der Waals surface area contributed by atoms with Gasteiger partial charge in [0.15, 0.2) is 5.13 Å². The molecule has 2 aliphatic rings. The highest BCUT2D eigenvalue weighted by atomic mass is 32.1. The SMILES string of the molecule is COCc1nc(N2CC(C)C(C)C2)sc1CNC1CC1. The van der Waals surface area contributed by atoms with Crippen molar-refractivity contribution in [3.63, 3.8) is 0 Å². The highest BCUT2D eigenvalue weighted by Crippen LogP contribution is 2.33. The number of ether oxygens (including phenoxy) is 1. The van der Waals surface area contributed by atoms with Crippen molar-refractivity contribution in [1.29, 1.82) is 0 Å². The Morgan fingerprint density at radius 3 is 2.60 bits per heavy atom. The van der Waals surface area contributed by atoms with E-state index in [4.69, 9.17) is 9.72 Å². The smallest absolute Gasteiger partial charge is 0.185 e. The number of nitrogens with zero attached hydrogens (tertiary/aromatic N) is 2. The summed E-state index contributed by atoms with van der Waals surface area (Å²) in [5, 5.41) is 4.77. The standard InChI is InChI=1S/C15H25N3OS/c1-10-7-18(8-11(10)2)15-17-13(9-19-3)14(20-15)6-16-12-4-5-12/h10-12,16H,4-9H2,1-3H3. The van der Waals surface area contributed by atoms with Crippen LogP contribution in [-0.2, 0) is 17.9 Å². The quantitative estimate of drug-likeness (QED) is 0.875. The van der Waals surface area contributed by atoms with E-state index in [0.717, 1.165) is 43.2 Å². The Labute approximate surface area is 125 Å². The summed E-state index contributed by atoms with van der Waals surface area (Å²) in [5.41, 5.74) is 1.12. The molecule has 1 aliphatic carbocycles. The van der Waals surface area contributed by atoms with Gasteiger partial charge in [0.05, 0.1) is 12.3 Å². The minimum absolute atomic E-state index is 0.622. The van der Waals surface area contributed by atoms with Crippen LogP contribution in [0.5, 0.6) is 0 Å². The molecule has 112 valence electrons. The lowest BCUT2D eigenvalue weighted by atomic mass is 10.0. The van der Waals surface area contributed by atoms with Crippen molar-refractivity contribution in [2.75, 3.05) is 25.1 Å². The Morgan fingerprint density at radius 2 is 2.00 bits per heavy atom. The molecule has 0 spiro atoms. The zero-order valence-corrected chi connectivity index (χ0v) is 13.5. The molecule has 1 saturated heterocycles. The zero-order valence-electron chi connectivity index (χ0n) is 12.7. The third-order valence-electron chi connectivity index (χ3n) is 4.44. The van der Waals surface area contributed by atoms with E-state index in [2.05, 4.69) is 24.1 Å². The van der Waals surface area contributed by atoms with E-state index in [1.165, 1.54) is 22.9 Å². The van der Waals surface area contributed by atoms with Crippen molar-refractivity contribution in [2.24, 2.45) is 11.8 Å². The predicted molar refractivity (Wildman–Crippen MR) is 83.2 cm³/mol. The van der Waals surface area contributed by atoms with Crippen molar-refractivity contribution < 1.29 is 4.74 Å². The molecular formula is C15H25N3OS. The van der Waals surface area contributed by atoms with E-state index in [0.29, 0.717) is 6.61 Å². The average molecular weight is 295 g/mol. The Kier molecular flexibility index (Phi) is 4.29. The van der Waals surface area contributed by atoms with Crippen LogP contribution >= 0.6 is 11.3 Å². The Balaban J connectivity index is 1.71. The van der Waals surface area contributed by atoms with E-state index in [1.807, 2.05) is 11.3 Å². The zero-order chi connectivity index (χ0) is 14.1. The second kappa shape index (κ2) is 6.00. The average Bonchev–Trinajstić information content (AvgIpc) is 3.08. The molecule has 1 aromatic rings. The Morgan fingerprint density at radius 1 is 1.30 bits per heavy atom. The molecule has 2 heterocycles. The van der Waals surface area contributed by atoms with E-state index < -0.39 is 0 Å². The molecule has 1 N–H and O–H groups in total. The highest BCUT2D eigenvalue weighted by molar-refractivity contribution is 7.15. The van der Waals surface area contributed by atoms with E-state index >= 15 is 0 Å². The van der Waals surface area contributed by atoms with Gasteiger partial charge >= 0.3 is 0 Å². The lowest BCUT2D eigenvalue weighted by Crippen LogP contribution is -2.19. The molecule has 1 saturated carbocycles. The number of thiazole rings is 1. The monoisotopic (exact) mass is 295 g/mol. The number of hydrogen-bond acceptors (Lipinski definition) is 5. The first-order valence-corrected chi connectivity index (χ1v) is 8.45. The minimum Gasteiger partial charge on any atom is -0.378 e. The Bertz CT molecular complexity index is 448. The maximum atomic E-state index is 5.31. The van der Waals surface area contributed by atoms with Gasteiger partial charge in [-0.1, -0.05) is 13.8 Å². The number of methoxy groups -OCH3 is 1. The molecule has 1 aromatic heterocycles. The van der Waals surface area contributed by atoms with Gasteiger partial charge in [0, 0.05) is 37.7 Å². The van der Waals surface area contributed by atoms with E-state index in [1.54, 1.807) is 7.11 Å². The summed E-state index contributed by atoms with van der Waals surface area (Å²) in [6.45, 7) is 8.51. The molecule has 0 radical (unpaired) electrons. The first-order chi connectivity index (χ1) is 9.67. The maximum absolute atomic E-state index is 5.31. The van der Waals surface area contributed by atoms with Crippen molar-refractivity contribution in [3.05, 3.63) is 10.6 Å². The summed E-state index contributed by atoms with van der Waals surface area (Å²) < 4.78 is 5.31. The molecule has 4 nitrogen and oxygen atoms in total. The topological polar surface area (TPSA) is 37.4 Å². The van der Waals surface area contributed by atoms with Crippen LogP contribution in [0.1, 0.15) is 37.3 Å². The van der Waals surface area contributed by atoms with Crippen molar-refractivity contribution >= 4 is 16.5 Å². The minimum atomic E-state index is 0.622. The summed E-state index contributed by atoms with van der Waals surface area (Å²) in [7, 11) is 1.75. The van der Waals surface area contributed by atoms with E-state index in [9.17, 15) is 0 Å². The predicted octanol–water partition coefficient (Wildman–Crippen LogP) is 2.63. The normalized spacial score (nSPS) is 26.4. The van der Waals surface area contributed by atoms with Crippen molar-refractivity contribution in [3.8, 4) is 0 Å². The van der Waals surface area contributed by atoms with Gasteiger partial charge in [-0.2, -0.15) is 0 Å². The first-order valence-electron chi connectivity index (χ1n) is 7.63. The van der Waals surface area contributed by atoms with Crippen LogP contribution in [0.3, 0.4) is 0 Å². The number of rotatable bonds is 6. The molecule has 2 fully saturated rings. The number of aromatic nitrogens is 1. The fraction of sp³-hybridized carbons (Fsp3) is 0.800. The summed E-state index contributed by atoms with van der Waals surface area (Å²) in [5.74, 6) is 1.52. The molecule has 2 unspecified atom stereocenters. The fourth-order valence-electron chi connectivity index (χ4n) is 2.70. The number of hydrogen-bond donors (Lipinski definition) is 1. The first kappa shape index (κ1) is 14.3. The second-order valence-electron chi connectivity index (χ2n) is 6.31. The van der Waals surface area contributed by atoms with Gasteiger partial charge in [-0.05, 0) is 24.7 Å². The summed E-state index contributed by atoms with van der Waals surface area (Å²) in [6.07, 6.45) is 2.65.